The van der Waals surface area contributed by atoms with Crippen LogP contribution in [0.3, 0.4) is 0 Å². The van der Waals surface area contributed by atoms with E-state index in [1.807, 2.05) is 0 Å². The van der Waals surface area contributed by atoms with Gasteiger partial charge in [-0.25, -0.2) is 0 Å². The van der Waals surface area contributed by atoms with E-state index in [0.29, 0.717) is 5.41 Å². The molecule has 0 amide bonds. The summed E-state index contributed by atoms with van der Waals surface area (Å²) < 4.78 is 0. The van der Waals surface area contributed by atoms with E-state index < -0.39 is 0 Å². The molecule has 15 heavy (non-hydrogen) atoms. The molecule has 0 aromatic carbocycles. The minimum Gasteiger partial charge on any atom is -0.0594 e. The summed E-state index contributed by atoms with van der Waals surface area (Å²) >= 11 is 0. The molecule has 2 radical (unpaired) electrons. The van der Waals surface area contributed by atoms with Gasteiger partial charge in [0.2, 0.25) is 0 Å². The minimum absolute atomic E-state index is 0.529. The fraction of sp³-hybridized carbons (Fsp3) is 0.867. The fourth-order valence-electron chi connectivity index (χ4n) is 3.52. The van der Waals surface area contributed by atoms with Gasteiger partial charge in [-0.1, -0.05) is 39.5 Å². The highest BCUT2D eigenvalue weighted by atomic mass is 14.4. The van der Waals surface area contributed by atoms with Crippen LogP contribution in [0, 0.1) is 30.1 Å². The third-order valence-electron chi connectivity index (χ3n) is 4.75. The van der Waals surface area contributed by atoms with Gasteiger partial charge in [0.15, 0.2) is 0 Å². The highest BCUT2D eigenvalue weighted by Crippen LogP contribution is 2.47. The smallest absolute Gasteiger partial charge is 0.0292 e. The molecule has 2 unspecified atom stereocenters. The Kier molecular flexibility index (Phi) is 3.74. The monoisotopic (exact) mass is 206 g/mol. The Balaban J connectivity index is 1.96. The maximum absolute atomic E-state index is 2.62. The van der Waals surface area contributed by atoms with Gasteiger partial charge in [0.05, 0.1) is 0 Å². The topological polar surface area (TPSA) is 0 Å². The average Bonchev–Trinajstić information content (AvgIpc) is 2.31. The lowest BCUT2D eigenvalue weighted by Crippen LogP contribution is -2.35. The zero-order valence-corrected chi connectivity index (χ0v) is 10.5. The van der Waals surface area contributed by atoms with E-state index in [0.717, 1.165) is 11.8 Å². The molecule has 2 aliphatic rings. The van der Waals surface area contributed by atoms with E-state index in [1.54, 1.807) is 0 Å². The predicted octanol–water partition coefficient (Wildman–Crippen LogP) is 4.80. The second-order valence-corrected chi connectivity index (χ2v) is 6.07. The first-order valence-corrected chi connectivity index (χ1v) is 6.88. The molecule has 0 heteroatoms. The van der Waals surface area contributed by atoms with Crippen molar-refractivity contribution in [1.29, 1.82) is 0 Å². The van der Waals surface area contributed by atoms with Gasteiger partial charge in [-0.3, -0.25) is 0 Å². The Morgan fingerprint density at radius 3 is 1.60 bits per heavy atom. The summed E-state index contributed by atoms with van der Waals surface area (Å²) in [5, 5.41) is 0. The van der Waals surface area contributed by atoms with Crippen LogP contribution in [0.4, 0.5) is 0 Å². The lowest BCUT2D eigenvalue weighted by atomic mass is 9.61. The molecular weight excluding hydrogens is 180 g/mol. The normalized spacial score (nSPS) is 26.8. The number of hydrogen-bond acceptors (Lipinski definition) is 0. The van der Waals surface area contributed by atoms with Crippen LogP contribution in [0.25, 0.3) is 0 Å². The zero-order valence-electron chi connectivity index (χ0n) is 10.5. The van der Waals surface area contributed by atoms with Crippen molar-refractivity contribution in [3.8, 4) is 0 Å². The maximum atomic E-state index is 2.62. The molecule has 0 aromatic heterocycles. The third-order valence-corrected chi connectivity index (χ3v) is 4.75. The molecule has 0 bridgehead atoms. The van der Waals surface area contributed by atoms with Gasteiger partial charge in [0.25, 0.3) is 0 Å². The standard InChI is InChI=1S/C15H26/c1-15(2,13-9-5-3-6-10-13)14-11-7-4-8-12-14/h9,11,13-14H,3-8,10,12H2,1-2H3. The van der Waals surface area contributed by atoms with Gasteiger partial charge >= 0.3 is 0 Å². The number of hydrogen-bond donors (Lipinski definition) is 0. The molecule has 0 nitrogen and oxygen atoms in total. The summed E-state index contributed by atoms with van der Waals surface area (Å²) in [6, 6.07) is 0. The van der Waals surface area contributed by atoms with Crippen molar-refractivity contribution in [1.82, 2.24) is 0 Å². The van der Waals surface area contributed by atoms with Gasteiger partial charge < -0.3 is 0 Å². The van der Waals surface area contributed by atoms with Gasteiger partial charge in [0, 0.05) is 0 Å². The minimum atomic E-state index is 0.529. The van der Waals surface area contributed by atoms with Gasteiger partial charge in [0.1, 0.15) is 0 Å². The number of rotatable bonds is 2. The molecule has 2 atom stereocenters. The quantitative estimate of drug-likeness (QED) is 0.608. The van der Waals surface area contributed by atoms with Crippen molar-refractivity contribution < 1.29 is 0 Å². The first kappa shape index (κ1) is 11.5. The first-order chi connectivity index (χ1) is 7.21. The predicted molar refractivity (Wildman–Crippen MR) is 66.3 cm³/mol. The van der Waals surface area contributed by atoms with Crippen LogP contribution >= 0.6 is 0 Å². The molecule has 2 saturated carbocycles. The van der Waals surface area contributed by atoms with Crippen molar-refractivity contribution in [2.75, 3.05) is 0 Å². The van der Waals surface area contributed by atoms with E-state index >= 15 is 0 Å². The van der Waals surface area contributed by atoms with E-state index in [1.165, 1.54) is 51.4 Å². The average molecular weight is 206 g/mol. The summed E-state index contributed by atoms with van der Waals surface area (Å²) in [6.07, 6.45) is 16.6. The van der Waals surface area contributed by atoms with E-state index in [2.05, 4.69) is 26.7 Å². The van der Waals surface area contributed by atoms with Crippen LogP contribution in [0.2, 0.25) is 0 Å². The van der Waals surface area contributed by atoms with E-state index in [-0.39, 0.29) is 0 Å². The molecule has 0 saturated heterocycles. The molecule has 0 heterocycles. The molecule has 0 aromatic rings. The molecule has 2 aliphatic carbocycles. The van der Waals surface area contributed by atoms with Crippen LogP contribution in [0.5, 0.6) is 0 Å². The largest absolute Gasteiger partial charge is 0.0594 e. The fourth-order valence-corrected chi connectivity index (χ4v) is 3.52. The van der Waals surface area contributed by atoms with Gasteiger partial charge in [-0.05, 0) is 55.8 Å². The Bertz CT molecular complexity index is 160. The highest BCUT2D eigenvalue weighted by Gasteiger charge is 2.37. The molecule has 86 valence electrons. The second-order valence-electron chi connectivity index (χ2n) is 6.07. The SMILES string of the molecule is CC(C)(C1[CH]CCCC1)C1[CH]CCCC1. The van der Waals surface area contributed by atoms with Crippen molar-refractivity contribution >= 4 is 0 Å². The first-order valence-electron chi connectivity index (χ1n) is 6.88. The van der Waals surface area contributed by atoms with Gasteiger partial charge in [-0.15, -0.1) is 0 Å². The highest BCUT2D eigenvalue weighted by molar-refractivity contribution is 4.99. The van der Waals surface area contributed by atoms with Gasteiger partial charge in [-0.2, -0.15) is 0 Å². The van der Waals surface area contributed by atoms with Crippen LogP contribution in [0.15, 0.2) is 0 Å². The molecule has 0 N–H and O–H groups in total. The molecular formula is C15H26. The van der Waals surface area contributed by atoms with Crippen molar-refractivity contribution in [3.05, 3.63) is 12.8 Å². The Morgan fingerprint density at radius 2 is 1.27 bits per heavy atom. The summed E-state index contributed by atoms with van der Waals surface area (Å²) in [7, 11) is 0. The van der Waals surface area contributed by atoms with E-state index in [4.69, 9.17) is 0 Å². The molecule has 0 spiro atoms. The Labute approximate surface area is 95.8 Å². The lowest BCUT2D eigenvalue weighted by molar-refractivity contribution is 0.114. The van der Waals surface area contributed by atoms with Crippen LogP contribution in [-0.2, 0) is 0 Å². The van der Waals surface area contributed by atoms with Crippen molar-refractivity contribution in [3.63, 3.8) is 0 Å². The van der Waals surface area contributed by atoms with Crippen molar-refractivity contribution in [2.45, 2.75) is 65.2 Å². The molecule has 2 fully saturated rings. The Morgan fingerprint density at radius 1 is 0.800 bits per heavy atom. The van der Waals surface area contributed by atoms with Crippen LogP contribution < -0.4 is 0 Å². The van der Waals surface area contributed by atoms with E-state index in [9.17, 15) is 0 Å². The second kappa shape index (κ2) is 4.89. The Hall–Kier alpha value is 0. The molecule has 2 rings (SSSR count). The zero-order chi connectivity index (χ0) is 10.7. The summed E-state index contributed by atoms with van der Waals surface area (Å²) in [5.74, 6) is 1.76. The van der Waals surface area contributed by atoms with Crippen molar-refractivity contribution in [2.24, 2.45) is 17.3 Å². The maximum Gasteiger partial charge on any atom is -0.0292 e. The van der Waals surface area contributed by atoms with Crippen LogP contribution in [0.1, 0.15) is 65.2 Å². The van der Waals surface area contributed by atoms with Crippen LogP contribution in [-0.4, -0.2) is 0 Å². The summed E-state index contributed by atoms with van der Waals surface area (Å²) in [5.41, 5.74) is 0.529. The third kappa shape index (κ3) is 2.57. The summed E-state index contributed by atoms with van der Waals surface area (Å²) in [6.45, 7) is 5.01. The summed E-state index contributed by atoms with van der Waals surface area (Å²) in [4.78, 5) is 0. The lowest BCUT2D eigenvalue weighted by Gasteiger charge is -2.44. The molecule has 0 aliphatic heterocycles.